The molecule has 1 aliphatic heterocycles. The van der Waals surface area contributed by atoms with E-state index in [0.29, 0.717) is 19.4 Å². The van der Waals surface area contributed by atoms with E-state index in [9.17, 15) is 8.78 Å². The van der Waals surface area contributed by atoms with Gasteiger partial charge in [0.1, 0.15) is 0 Å². The summed E-state index contributed by atoms with van der Waals surface area (Å²) >= 11 is 0. The molecule has 0 radical (unpaired) electrons. The molecule has 4 heteroatoms. The molecule has 1 atom stereocenters. The molecule has 1 unspecified atom stereocenters. The Balaban J connectivity index is 1.95. The zero-order valence-corrected chi connectivity index (χ0v) is 8.18. The van der Waals surface area contributed by atoms with E-state index in [1.165, 1.54) is 0 Å². The lowest BCUT2D eigenvalue weighted by Gasteiger charge is -2.22. The van der Waals surface area contributed by atoms with Crippen LogP contribution in [0.2, 0.25) is 0 Å². The molecular formula is C10H16F2O2. The maximum absolute atomic E-state index is 11.6. The summed E-state index contributed by atoms with van der Waals surface area (Å²) in [6.07, 6.45) is 3.34. The van der Waals surface area contributed by atoms with Crippen LogP contribution >= 0.6 is 0 Å². The highest BCUT2D eigenvalue weighted by Crippen LogP contribution is 2.14. The van der Waals surface area contributed by atoms with Gasteiger partial charge in [0.15, 0.2) is 6.29 Å². The van der Waals surface area contributed by atoms with Crippen LogP contribution in [-0.4, -0.2) is 19.5 Å². The van der Waals surface area contributed by atoms with E-state index in [1.54, 1.807) is 0 Å². The third kappa shape index (κ3) is 5.29. The first kappa shape index (κ1) is 11.6. The molecule has 82 valence electrons. The molecule has 0 N–H and O–H groups in total. The van der Waals surface area contributed by atoms with Gasteiger partial charge in [0, 0.05) is 6.61 Å². The molecule has 0 bridgehead atoms. The highest BCUT2D eigenvalue weighted by Gasteiger charge is 2.12. The van der Waals surface area contributed by atoms with E-state index in [1.807, 2.05) is 0 Å². The largest absolute Gasteiger partial charge is 0.353 e. The zero-order valence-electron chi connectivity index (χ0n) is 8.18. The second-order valence-electron chi connectivity index (χ2n) is 3.30. The van der Waals surface area contributed by atoms with Gasteiger partial charge >= 0.3 is 0 Å². The van der Waals surface area contributed by atoms with Gasteiger partial charge < -0.3 is 9.47 Å². The lowest BCUT2D eigenvalue weighted by atomic mass is 10.2. The Bertz CT molecular complexity index is 173. The molecule has 0 aromatic carbocycles. The van der Waals surface area contributed by atoms with Crippen LogP contribution in [0.3, 0.4) is 0 Å². The van der Waals surface area contributed by atoms with E-state index in [2.05, 4.69) is 0 Å². The Kier molecular flexibility index (Phi) is 5.71. The van der Waals surface area contributed by atoms with Crippen LogP contribution in [0.1, 0.15) is 32.1 Å². The van der Waals surface area contributed by atoms with Crippen molar-refractivity contribution in [1.29, 1.82) is 0 Å². The summed E-state index contributed by atoms with van der Waals surface area (Å²) in [6, 6.07) is 0. The van der Waals surface area contributed by atoms with Crippen LogP contribution in [0, 0.1) is 0 Å². The average Bonchev–Trinajstić information content (AvgIpc) is 2.18. The van der Waals surface area contributed by atoms with Crippen LogP contribution in [0.5, 0.6) is 0 Å². The van der Waals surface area contributed by atoms with Crippen LogP contribution in [0.4, 0.5) is 8.78 Å². The molecule has 0 spiro atoms. The average molecular weight is 206 g/mol. The van der Waals surface area contributed by atoms with Crippen molar-refractivity contribution in [2.75, 3.05) is 13.2 Å². The molecule has 1 saturated heterocycles. The third-order valence-corrected chi connectivity index (χ3v) is 2.09. The number of allylic oxidation sites excluding steroid dienone is 1. The van der Waals surface area contributed by atoms with Gasteiger partial charge in [-0.2, -0.15) is 8.78 Å². The molecule has 2 nitrogen and oxygen atoms in total. The van der Waals surface area contributed by atoms with Gasteiger partial charge in [0.2, 0.25) is 0 Å². The lowest BCUT2D eigenvalue weighted by Crippen LogP contribution is -2.22. The Morgan fingerprint density at radius 3 is 2.93 bits per heavy atom. The van der Waals surface area contributed by atoms with Gasteiger partial charge in [-0.1, -0.05) is 0 Å². The molecule has 0 aromatic rings. The number of hydrogen-bond donors (Lipinski definition) is 0. The molecule has 0 amide bonds. The fourth-order valence-electron chi connectivity index (χ4n) is 1.35. The van der Waals surface area contributed by atoms with Crippen molar-refractivity contribution in [3.63, 3.8) is 0 Å². The number of ether oxygens (including phenoxy) is 2. The molecule has 1 heterocycles. The second-order valence-corrected chi connectivity index (χ2v) is 3.30. The van der Waals surface area contributed by atoms with Crippen LogP contribution in [-0.2, 0) is 9.47 Å². The maximum atomic E-state index is 11.6. The van der Waals surface area contributed by atoms with Gasteiger partial charge in [-0.3, -0.25) is 0 Å². The van der Waals surface area contributed by atoms with E-state index in [0.717, 1.165) is 31.9 Å². The van der Waals surface area contributed by atoms with Crippen molar-refractivity contribution < 1.29 is 18.3 Å². The fraction of sp³-hybridized carbons (Fsp3) is 0.800. The van der Waals surface area contributed by atoms with Gasteiger partial charge in [-0.25, -0.2) is 0 Å². The highest BCUT2D eigenvalue weighted by atomic mass is 19.3. The zero-order chi connectivity index (χ0) is 10.2. The Morgan fingerprint density at radius 1 is 1.43 bits per heavy atom. The molecule has 1 fully saturated rings. The number of rotatable bonds is 5. The van der Waals surface area contributed by atoms with E-state index in [-0.39, 0.29) is 6.29 Å². The first-order valence-electron chi connectivity index (χ1n) is 5.03. The first-order valence-corrected chi connectivity index (χ1v) is 5.03. The molecule has 0 aliphatic carbocycles. The minimum absolute atomic E-state index is 0.108. The summed E-state index contributed by atoms with van der Waals surface area (Å²) in [6.45, 7) is 1.25. The van der Waals surface area contributed by atoms with E-state index < -0.39 is 6.08 Å². The predicted octanol–water partition coefficient (Wildman–Crippen LogP) is 3.09. The number of hydrogen-bond acceptors (Lipinski definition) is 2. The van der Waals surface area contributed by atoms with Crippen molar-refractivity contribution in [1.82, 2.24) is 0 Å². The minimum atomic E-state index is -1.61. The van der Waals surface area contributed by atoms with Crippen molar-refractivity contribution in [2.45, 2.75) is 38.4 Å². The van der Waals surface area contributed by atoms with Gasteiger partial charge in [-0.15, -0.1) is 0 Å². The summed E-state index contributed by atoms with van der Waals surface area (Å²) in [5.74, 6) is 0. The smallest absolute Gasteiger partial charge is 0.266 e. The van der Waals surface area contributed by atoms with Crippen molar-refractivity contribution in [3.8, 4) is 0 Å². The molecule has 0 aromatic heterocycles. The summed E-state index contributed by atoms with van der Waals surface area (Å²) in [7, 11) is 0. The van der Waals surface area contributed by atoms with Crippen LogP contribution in [0.15, 0.2) is 12.2 Å². The standard InChI is InChI=1S/C10H16F2O2/c11-9(12)5-1-3-7-13-10-6-2-4-8-14-10/h5,10H,1-4,6-8H2. The van der Waals surface area contributed by atoms with Crippen LogP contribution < -0.4 is 0 Å². The summed E-state index contributed by atoms with van der Waals surface area (Å²) in [4.78, 5) is 0. The van der Waals surface area contributed by atoms with Crippen LogP contribution in [0.25, 0.3) is 0 Å². The van der Waals surface area contributed by atoms with Crippen molar-refractivity contribution in [3.05, 3.63) is 12.2 Å². The minimum Gasteiger partial charge on any atom is -0.353 e. The molecular weight excluding hydrogens is 190 g/mol. The Morgan fingerprint density at radius 2 is 2.29 bits per heavy atom. The lowest BCUT2D eigenvalue weighted by molar-refractivity contribution is -0.162. The summed E-state index contributed by atoms with van der Waals surface area (Å²) in [5, 5.41) is 0. The van der Waals surface area contributed by atoms with Gasteiger partial charge in [0.05, 0.1) is 6.61 Å². The molecule has 1 rings (SSSR count). The number of halogens is 2. The Labute approximate surface area is 82.9 Å². The summed E-state index contributed by atoms with van der Waals surface area (Å²) in [5.41, 5.74) is 0. The monoisotopic (exact) mass is 206 g/mol. The third-order valence-electron chi connectivity index (χ3n) is 2.09. The van der Waals surface area contributed by atoms with Gasteiger partial charge in [0.25, 0.3) is 6.08 Å². The second kappa shape index (κ2) is 6.90. The van der Waals surface area contributed by atoms with E-state index >= 15 is 0 Å². The topological polar surface area (TPSA) is 18.5 Å². The highest BCUT2D eigenvalue weighted by molar-refractivity contribution is 4.79. The summed E-state index contributed by atoms with van der Waals surface area (Å²) < 4.78 is 33.9. The normalized spacial score (nSPS) is 22.0. The Hall–Kier alpha value is -0.480. The number of unbranched alkanes of at least 4 members (excludes halogenated alkanes) is 1. The van der Waals surface area contributed by atoms with Gasteiger partial charge in [-0.05, 0) is 38.2 Å². The van der Waals surface area contributed by atoms with Crippen molar-refractivity contribution in [2.24, 2.45) is 0 Å². The predicted molar refractivity (Wildman–Crippen MR) is 49.1 cm³/mol. The molecule has 1 aliphatic rings. The SMILES string of the molecule is FC(F)=CCCCOC1CCCCO1. The van der Waals surface area contributed by atoms with E-state index in [4.69, 9.17) is 9.47 Å². The van der Waals surface area contributed by atoms with Crippen molar-refractivity contribution >= 4 is 0 Å². The maximum Gasteiger partial charge on any atom is 0.266 e. The fourth-order valence-corrected chi connectivity index (χ4v) is 1.35. The quantitative estimate of drug-likeness (QED) is 0.643. The first-order chi connectivity index (χ1) is 6.79. The molecule has 14 heavy (non-hydrogen) atoms. The molecule has 0 saturated carbocycles.